The normalized spacial score (nSPS) is 10.6. The molecule has 0 aliphatic rings. The standard InChI is InChI=1S/C14H23N3O.HI/c1-5-15-14(16-6-2)17(3)11-12-7-9-13(18-4)10-8-12;/h7-10H,5-6,11H2,1-4H3,(H,15,16);1H. The second-order valence-corrected chi connectivity index (χ2v) is 4.03. The third-order valence-corrected chi connectivity index (χ3v) is 2.58. The lowest BCUT2D eigenvalue weighted by molar-refractivity contribution is 0.414. The van der Waals surface area contributed by atoms with Gasteiger partial charge in [-0.15, -0.1) is 24.0 Å². The molecular formula is C14H24IN3O. The zero-order chi connectivity index (χ0) is 13.4. The molecule has 0 heterocycles. The summed E-state index contributed by atoms with van der Waals surface area (Å²) >= 11 is 0. The highest BCUT2D eigenvalue weighted by molar-refractivity contribution is 14.0. The van der Waals surface area contributed by atoms with Crippen molar-refractivity contribution in [3.8, 4) is 5.75 Å². The molecule has 19 heavy (non-hydrogen) atoms. The van der Waals surface area contributed by atoms with Crippen LogP contribution in [0.1, 0.15) is 19.4 Å². The summed E-state index contributed by atoms with van der Waals surface area (Å²) in [5, 5.41) is 3.28. The van der Waals surface area contributed by atoms with Gasteiger partial charge in [-0.3, -0.25) is 4.99 Å². The molecule has 0 aromatic heterocycles. The molecule has 0 amide bonds. The van der Waals surface area contributed by atoms with Crippen molar-refractivity contribution in [1.82, 2.24) is 10.2 Å². The molecular weight excluding hydrogens is 353 g/mol. The number of methoxy groups -OCH3 is 1. The smallest absolute Gasteiger partial charge is 0.193 e. The van der Waals surface area contributed by atoms with Gasteiger partial charge in [0, 0.05) is 26.7 Å². The average molecular weight is 377 g/mol. The van der Waals surface area contributed by atoms with Crippen LogP contribution in [0.3, 0.4) is 0 Å². The maximum atomic E-state index is 5.15. The Kier molecular flexibility index (Phi) is 9.38. The van der Waals surface area contributed by atoms with Crippen LogP contribution in [0, 0.1) is 0 Å². The summed E-state index contributed by atoms with van der Waals surface area (Å²) in [6.07, 6.45) is 0. The van der Waals surface area contributed by atoms with E-state index in [-0.39, 0.29) is 24.0 Å². The second kappa shape index (κ2) is 9.89. The number of guanidine groups is 1. The Morgan fingerprint density at radius 2 is 1.89 bits per heavy atom. The second-order valence-electron chi connectivity index (χ2n) is 4.03. The Morgan fingerprint density at radius 3 is 2.37 bits per heavy atom. The average Bonchev–Trinajstić information content (AvgIpc) is 2.39. The van der Waals surface area contributed by atoms with Crippen LogP contribution in [0.25, 0.3) is 0 Å². The minimum atomic E-state index is 0. The Labute approximate surface area is 133 Å². The predicted molar refractivity (Wildman–Crippen MR) is 91.5 cm³/mol. The van der Waals surface area contributed by atoms with Gasteiger partial charge in [-0.2, -0.15) is 0 Å². The molecule has 0 aliphatic heterocycles. The van der Waals surface area contributed by atoms with Crippen LogP contribution in [0.2, 0.25) is 0 Å². The Hall–Kier alpha value is -0.980. The van der Waals surface area contributed by atoms with Crippen molar-refractivity contribution >= 4 is 29.9 Å². The van der Waals surface area contributed by atoms with Crippen molar-refractivity contribution < 1.29 is 4.74 Å². The Balaban J connectivity index is 0.00000324. The van der Waals surface area contributed by atoms with Gasteiger partial charge in [0.15, 0.2) is 5.96 Å². The summed E-state index contributed by atoms with van der Waals surface area (Å²) in [4.78, 5) is 6.57. The number of ether oxygens (including phenoxy) is 1. The first-order valence-corrected chi connectivity index (χ1v) is 6.33. The van der Waals surface area contributed by atoms with Crippen LogP contribution >= 0.6 is 24.0 Å². The van der Waals surface area contributed by atoms with E-state index in [1.54, 1.807) is 7.11 Å². The Morgan fingerprint density at radius 1 is 1.26 bits per heavy atom. The van der Waals surface area contributed by atoms with E-state index < -0.39 is 0 Å². The zero-order valence-electron chi connectivity index (χ0n) is 12.1. The molecule has 0 aliphatic carbocycles. The van der Waals surface area contributed by atoms with Gasteiger partial charge in [-0.25, -0.2) is 0 Å². The molecule has 0 radical (unpaired) electrons. The summed E-state index contributed by atoms with van der Waals surface area (Å²) in [7, 11) is 3.72. The van der Waals surface area contributed by atoms with E-state index in [4.69, 9.17) is 4.74 Å². The van der Waals surface area contributed by atoms with E-state index in [1.807, 2.05) is 26.1 Å². The van der Waals surface area contributed by atoms with Gasteiger partial charge in [0.2, 0.25) is 0 Å². The molecule has 0 spiro atoms. The number of hydrogen-bond acceptors (Lipinski definition) is 2. The minimum absolute atomic E-state index is 0. The fourth-order valence-electron chi connectivity index (χ4n) is 1.70. The van der Waals surface area contributed by atoms with Crippen LogP contribution in [0.4, 0.5) is 0 Å². The van der Waals surface area contributed by atoms with Gasteiger partial charge >= 0.3 is 0 Å². The first-order chi connectivity index (χ1) is 8.71. The van der Waals surface area contributed by atoms with Gasteiger partial charge in [0.1, 0.15) is 5.75 Å². The van der Waals surface area contributed by atoms with Crippen LogP contribution < -0.4 is 10.1 Å². The van der Waals surface area contributed by atoms with E-state index in [0.29, 0.717) is 0 Å². The van der Waals surface area contributed by atoms with Gasteiger partial charge in [-0.05, 0) is 31.5 Å². The number of nitrogens with one attached hydrogen (secondary N) is 1. The molecule has 0 saturated heterocycles. The highest BCUT2D eigenvalue weighted by Crippen LogP contribution is 2.12. The molecule has 1 N–H and O–H groups in total. The van der Waals surface area contributed by atoms with Crippen molar-refractivity contribution in [3.05, 3.63) is 29.8 Å². The fraction of sp³-hybridized carbons (Fsp3) is 0.500. The summed E-state index contributed by atoms with van der Waals surface area (Å²) in [6.45, 7) is 6.61. The fourth-order valence-corrected chi connectivity index (χ4v) is 1.70. The van der Waals surface area contributed by atoms with E-state index in [1.165, 1.54) is 5.56 Å². The highest BCUT2D eigenvalue weighted by Gasteiger charge is 2.05. The molecule has 0 fully saturated rings. The van der Waals surface area contributed by atoms with E-state index >= 15 is 0 Å². The first kappa shape index (κ1) is 18.0. The van der Waals surface area contributed by atoms with Gasteiger partial charge < -0.3 is 15.0 Å². The summed E-state index contributed by atoms with van der Waals surface area (Å²) < 4.78 is 5.15. The molecule has 1 rings (SSSR count). The van der Waals surface area contributed by atoms with Crippen molar-refractivity contribution in [2.75, 3.05) is 27.2 Å². The Bertz CT molecular complexity index is 379. The largest absolute Gasteiger partial charge is 0.497 e. The number of halogens is 1. The predicted octanol–water partition coefficient (Wildman–Crippen LogP) is 2.73. The van der Waals surface area contributed by atoms with Crippen molar-refractivity contribution in [1.29, 1.82) is 0 Å². The van der Waals surface area contributed by atoms with Crippen LogP contribution in [-0.4, -0.2) is 38.1 Å². The lowest BCUT2D eigenvalue weighted by atomic mass is 10.2. The molecule has 4 nitrogen and oxygen atoms in total. The van der Waals surface area contributed by atoms with Crippen molar-refractivity contribution in [3.63, 3.8) is 0 Å². The molecule has 1 aromatic carbocycles. The summed E-state index contributed by atoms with van der Waals surface area (Å²) in [5.41, 5.74) is 1.24. The summed E-state index contributed by atoms with van der Waals surface area (Å²) in [6, 6.07) is 8.11. The minimum Gasteiger partial charge on any atom is -0.497 e. The van der Waals surface area contributed by atoms with Gasteiger partial charge in [-0.1, -0.05) is 12.1 Å². The molecule has 1 aromatic rings. The number of nitrogens with zero attached hydrogens (tertiary/aromatic N) is 2. The van der Waals surface area contributed by atoms with Crippen LogP contribution in [-0.2, 0) is 6.54 Å². The molecule has 5 heteroatoms. The van der Waals surface area contributed by atoms with E-state index in [9.17, 15) is 0 Å². The highest BCUT2D eigenvalue weighted by atomic mass is 127. The number of rotatable bonds is 5. The third-order valence-electron chi connectivity index (χ3n) is 2.58. The monoisotopic (exact) mass is 377 g/mol. The molecule has 0 bridgehead atoms. The van der Waals surface area contributed by atoms with E-state index in [0.717, 1.165) is 31.3 Å². The zero-order valence-corrected chi connectivity index (χ0v) is 14.5. The molecule has 0 atom stereocenters. The van der Waals surface area contributed by atoms with Crippen molar-refractivity contribution in [2.24, 2.45) is 4.99 Å². The lowest BCUT2D eigenvalue weighted by Gasteiger charge is -2.22. The first-order valence-electron chi connectivity index (χ1n) is 6.33. The molecule has 0 saturated carbocycles. The van der Waals surface area contributed by atoms with Gasteiger partial charge in [0.25, 0.3) is 0 Å². The maximum absolute atomic E-state index is 5.15. The third kappa shape index (κ3) is 6.13. The quantitative estimate of drug-likeness (QED) is 0.487. The van der Waals surface area contributed by atoms with E-state index in [2.05, 4.69) is 34.3 Å². The molecule has 108 valence electrons. The van der Waals surface area contributed by atoms with Gasteiger partial charge in [0.05, 0.1) is 7.11 Å². The SMILES string of the molecule is CCN=C(NCC)N(C)Cc1ccc(OC)cc1.I. The lowest BCUT2D eigenvalue weighted by Crippen LogP contribution is -2.38. The maximum Gasteiger partial charge on any atom is 0.193 e. The van der Waals surface area contributed by atoms with Crippen LogP contribution in [0.15, 0.2) is 29.3 Å². The summed E-state index contributed by atoms with van der Waals surface area (Å²) in [5.74, 6) is 1.83. The number of aliphatic imine (C=N–C) groups is 1. The van der Waals surface area contributed by atoms with Crippen LogP contribution in [0.5, 0.6) is 5.75 Å². The number of hydrogen-bond donors (Lipinski definition) is 1. The van der Waals surface area contributed by atoms with Crippen molar-refractivity contribution in [2.45, 2.75) is 20.4 Å². The number of benzene rings is 1. The topological polar surface area (TPSA) is 36.9 Å². The molecule has 0 unspecified atom stereocenters.